The molecule has 15 heavy (non-hydrogen) atoms. The molecule has 0 bridgehead atoms. The average Bonchev–Trinajstić information content (AvgIpc) is 2.78. The number of rotatable bonds is 3. The summed E-state index contributed by atoms with van der Waals surface area (Å²) in [5.41, 5.74) is 0. The molecule has 1 aliphatic rings. The van der Waals surface area contributed by atoms with Crippen LogP contribution in [0.5, 0.6) is 0 Å². The van der Waals surface area contributed by atoms with Crippen LogP contribution in [0.3, 0.4) is 0 Å². The van der Waals surface area contributed by atoms with Crippen molar-refractivity contribution in [2.24, 2.45) is 0 Å². The molecule has 0 saturated carbocycles. The van der Waals surface area contributed by atoms with Crippen LogP contribution in [0.15, 0.2) is 14.3 Å². The fourth-order valence-corrected chi connectivity index (χ4v) is 3.58. The molecular formula is C10H10Br2O2S. The second-order valence-corrected chi connectivity index (χ2v) is 6.72. The first kappa shape index (κ1) is 11.8. The van der Waals surface area contributed by atoms with Gasteiger partial charge in [-0.25, -0.2) is 0 Å². The molecule has 1 fully saturated rings. The van der Waals surface area contributed by atoms with E-state index in [0.717, 1.165) is 32.6 Å². The van der Waals surface area contributed by atoms with Gasteiger partial charge >= 0.3 is 0 Å². The van der Waals surface area contributed by atoms with Gasteiger partial charge in [-0.2, -0.15) is 0 Å². The smallest absolute Gasteiger partial charge is 0.175 e. The van der Waals surface area contributed by atoms with E-state index in [9.17, 15) is 4.79 Å². The van der Waals surface area contributed by atoms with E-state index in [1.165, 1.54) is 11.3 Å². The Kier molecular flexibility index (Phi) is 3.98. The maximum Gasteiger partial charge on any atom is 0.175 e. The van der Waals surface area contributed by atoms with Crippen molar-refractivity contribution in [2.45, 2.75) is 25.4 Å². The second-order valence-electron chi connectivity index (χ2n) is 3.49. The third kappa shape index (κ3) is 2.90. The van der Waals surface area contributed by atoms with Crippen LogP contribution in [0.1, 0.15) is 28.9 Å². The number of ketones is 1. The molecular weight excluding hydrogens is 344 g/mol. The van der Waals surface area contributed by atoms with Crippen molar-refractivity contribution in [3.05, 3.63) is 19.2 Å². The highest BCUT2D eigenvalue weighted by atomic mass is 79.9. The van der Waals surface area contributed by atoms with Crippen LogP contribution >= 0.6 is 43.2 Å². The number of halogens is 2. The Morgan fingerprint density at radius 1 is 1.60 bits per heavy atom. The van der Waals surface area contributed by atoms with E-state index in [0.29, 0.717) is 6.42 Å². The van der Waals surface area contributed by atoms with Gasteiger partial charge in [-0.3, -0.25) is 4.79 Å². The van der Waals surface area contributed by atoms with Gasteiger partial charge in [0.05, 0.1) is 14.8 Å². The summed E-state index contributed by atoms with van der Waals surface area (Å²) in [6.07, 6.45) is 2.74. The van der Waals surface area contributed by atoms with E-state index < -0.39 is 0 Å². The van der Waals surface area contributed by atoms with Crippen molar-refractivity contribution in [1.29, 1.82) is 0 Å². The lowest BCUT2D eigenvalue weighted by Crippen LogP contribution is -2.11. The molecule has 1 unspecified atom stereocenters. The summed E-state index contributed by atoms with van der Waals surface area (Å²) in [5.74, 6) is 0.179. The number of carbonyl (C=O) groups excluding carboxylic acids is 1. The topological polar surface area (TPSA) is 26.3 Å². The zero-order valence-electron chi connectivity index (χ0n) is 7.96. The summed E-state index contributed by atoms with van der Waals surface area (Å²) in [6, 6.07) is 1.87. The first-order valence-corrected chi connectivity index (χ1v) is 7.16. The molecule has 2 heterocycles. The maximum absolute atomic E-state index is 11.9. The largest absolute Gasteiger partial charge is 0.378 e. The molecule has 1 aliphatic heterocycles. The van der Waals surface area contributed by atoms with Gasteiger partial charge in [-0.05, 0) is 50.8 Å². The molecule has 2 nitrogen and oxygen atoms in total. The van der Waals surface area contributed by atoms with Gasteiger partial charge in [0, 0.05) is 17.5 Å². The Bertz CT molecular complexity index is 350. The molecule has 0 aromatic carbocycles. The predicted molar refractivity (Wildman–Crippen MR) is 67.6 cm³/mol. The highest BCUT2D eigenvalue weighted by Gasteiger charge is 2.21. The van der Waals surface area contributed by atoms with E-state index in [4.69, 9.17) is 4.74 Å². The quantitative estimate of drug-likeness (QED) is 0.767. The first-order valence-electron chi connectivity index (χ1n) is 4.76. The van der Waals surface area contributed by atoms with Crippen molar-refractivity contribution >= 4 is 49.0 Å². The Morgan fingerprint density at radius 2 is 2.40 bits per heavy atom. The fraction of sp³-hybridized carbons (Fsp3) is 0.500. The molecule has 0 aliphatic carbocycles. The van der Waals surface area contributed by atoms with E-state index in [1.807, 2.05) is 6.07 Å². The number of Topliss-reactive ketones (excluding diaryl/α,β-unsaturated/α-hetero) is 1. The number of hydrogen-bond acceptors (Lipinski definition) is 3. The predicted octanol–water partition coefficient (Wildman–Crippen LogP) is 4.02. The van der Waals surface area contributed by atoms with Crippen LogP contribution in [0.25, 0.3) is 0 Å². The van der Waals surface area contributed by atoms with Crippen molar-refractivity contribution < 1.29 is 9.53 Å². The van der Waals surface area contributed by atoms with Crippen molar-refractivity contribution in [2.75, 3.05) is 6.61 Å². The second kappa shape index (κ2) is 5.08. The lowest BCUT2D eigenvalue weighted by atomic mass is 10.1. The van der Waals surface area contributed by atoms with E-state index >= 15 is 0 Å². The molecule has 1 aromatic heterocycles. The van der Waals surface area contributed by atoms with Gasteiger partial charge in [-0.1, -0.05) is 0 Å². The third-order valence-electron chi connectivity index (χ3n) is 2.36. The summed E-state index contributed by atoms with van der Waals surface area (Å²) in [5, 5.41) is 0. The van der Waals surface area contributed by atoms with Gasteiger partial charge in [0.2, 0.25) is 0 Å². The molecule has 0 amide bonds. The highest BCUT2D eigenvalue weighted by Crippen LogP contribution is 2.33. The zero-order chi connectivity index (χ0) is 10.8. The van der Waals surface area contributed by atoms with Crippen molar-refractivity contribution in [3.8, 4) is 0 Å². The van der Waals surface area contributed by atoms with Crippen LogP contribution < -0.4 is 0 Å². The van der Waals surface area contributed by atoms with E-state index in [2.05, 4.69) is 31.9 Å². The van der Waals surface area contributed by atoms with Crippen LogP contribution in [0.4, 0.5) is 0 Å². The molecule has 2 rings (SSSR count). The number of ether oxygens (including phenoxy) is 1. The van der Waals surface area contributed by atoms with Crippen molar-refractivity contribution in [1.82, 2.24) is 0 Å². The minimum atomic E-state index is 0.136. The third-order valence-corrected chi connectivity index (χ3v) is 5.65. The summed E-state index contributed by atoms with van der Waals surface area (Å²) in [7, 11) is 0. The van der Waals surface area contributed by atoms with Crippen molar-refractivity contribution in [3.63, 3.8) is 0 Å². The Balaban J connectivity index is 2.00. The molecule has 1 saturated heterocycles. The van der Waals surface area contributed by atoms with Gasteiger partial charge in [0.1, 0.15) is 0 Å². The monoisotopic (exact) mass is 352 g/mol. The van der Waals surface area contributed by atoms with Crippen LogP contribution in [0, 0.1) is 0 Å². The Labute approximate surface area is 109 Å². The van der Waals surface area contributed by atoms with Crippen LogP contribution in [-0.2, 0) is 4.74 Å². The summed E-state index contributed by atoms with van der Waals surface area (Å²) < 4.78 is 7.36. The lowest BCUT2D eigenvalue weighted by Gasteiger charge is -2.06. The standard InChI is InChI=1S/C10H10Br2O2S/c11-7-5-9(15-10(7)12)8(13)4-6-2-1-3-14-6/h5-6H,1-4H2. The van der Waals surface area contributed by atoms with E-state index in [1.54, 1.807) is 0 Å². The number of thiophene rings is 1. The maximum atomic E-state index is 11.9. The summed E-state index contributed by atoms with van der Waals surface area (Å²) in [6.45, 7) is 0.801. The Hall–Kier alpha value is 0.290. The van der Waals surface area contributed by atoms with Gasteiger partial charge in [-0.15, -0.1) is 11.3 Å². The van der Waals surface area contributed by atoms with Crippen LogP contribution in [-0.4, -0.2) is 18.5 Å². The molecule has 1 atom stereocenters. The molecule has 0 N–H and O–H groups in total. The minimum absolute atomic E-state index is 0.136. The molecule has 0 spiro atoms. The highest BCUT2D eigenvalue weighted by molar-refractivity contribution is 9.13. The Morgan fingerprint density at radius 3 is 2.93 bits per heavy atom. The molecule has 5 heteroatoms. The number of carbonyl (C=O) groups is 1. The van der Waals surface area contributed by atoms with Gasteiger partial charge in [0.15, 0.2) is 5.78 Å². The van der Waals surface area contributed by atoms with Gasteiger partial charge < -0.3 is 4.74 Å². The van der Waals surface area contributed by atoms with E-state index in [-0.39, 0.29) is 11.9 Å². The normalized spacial score (nSPS) is 20.8. The minimum Gasteiger partial charge on any atom is -0.378 e. The first-order chi connectivity index (χ1) is 7.16. The number of hydrogen-bond donors (Lipinski definition) is 0. The summed E-state index contributed by atoms with van der Waals surface area (Å²) in [4.78, 5) is 12.7. The summed E-state index contributed by atoms with van der Waals surface area (Å²) >= 11 is 8.23. The molecule has 82 valence electrons. The SMILES string of the molecule is O=C(CC1CCCO1)c1cc(Br)c(Br)s1. The zero-order valence-corrected chi connectivity index (χ0v) is 12.0. The lowest BCUT2D eigenvalue weighted by molar-refractivity contribution is 0.0779. The average molecular weight is 354 g/mol. The fourth-order valence-electron chi connectivity index (χ4n) is 1.60. The van der Waals surface area contributed by atoms with Crippen LogP contribution in [0.2, 0.25) is 0 Å². The molecule has 0 radical (unpaired) electrons. The van der Waals surface area contributed by atoms with Gasteiger partial charge in [0.25, 0.3) is 0 Å². The molecule has 1 aromatic rings.